The number of piperidine rings is 1. The number of sulfone groups is 1. The van der Waals surface area contributed by atoms with Gasteiger partial charge in [0.2, 0.25) is 0 Å². The zero-order valence-corrected chi connectivity index (χ0v) is 21.5. The fourth-order valence-corrected chi connectivity index (χ4v) is 7.07. The zero-order valence-electron chi connectivity index (χ0n) is 20.7. The van der Waals surface area contributed by atoms with Gasteiger partial charge in [-0.25, -0.2) is 13.2 Å². The molecule has 190 valence electrons. The molecule has 0 unspecified atom stereocenters. The van der Waals surface area contributed by atoms with Gasteiger partial charge in [0.05, 0.1) is 16.2 Å². The van der Waals surface area contributed by atoms with E-state index in [9.17, 15) is 18.0 Å². The molecule has 36 heavy (non-hydrogen) atoms. The summed E-state index contributed by atoms with van der Waals surface area (Å²) < 4.78 is 33.0. The highest BCUT2D eigenvalue weighted by Crippen LogP contribution is 2.37. The number of benzene rings is 2. The molecule has 7 nitrogen and oxygen atoms in total. The molecule has 2 aliphatic rings. The Bertz CT molecular complexity index is 1420. The number of hydrogen-bond donors (Lipinski definition) is 0. The molecule has 3 heterocycles. The summed E-state index contributed by atoms with van der Waals surface area (Å²) in [7, 11) is -3.35. The van der Waals surface area contributed by atoms with Crippen LogP contribution in [0.15, 0.2) is 70.4 Å². The van der Waals surface area contributed by atoms with Gasteiger partial charge in [-0.3, -0.25) is 9.69 Å². The van der Waals surface area contributed by atoms with E-state index < -0.39 is 15.8 Å². The SMILES string of the molecule is CC(C)n1c(=O)c(C(=O)O[C@H]2C[C@H]3CC[C@@H](C2)N3CCS(=O)(=O)c2ccccc2)cc2ccccc21. The lowest BCUT2D eigenvalue weighted by Crippen LogP contribution is -2.47. The Morgan fingerprint density at radius 1 is 1.00 bits per heavy atom. The van der Waals surface area contributed by atoms with Gasteiger partial charge < -0.3 is 9.30 Å². The van der Waals surface area contributed by atoms with E-state index in [4.69, 9.17) is 4.74 Å². The normalized spacial score (nSPS) is 22.2. The summed E-state index contributed by atoms with van der Waals surface area (Å²) in [5.74, 6) is -0.509. The first-order chi connectivity index (χ1) is 17.2. The summed E-state index contributed by atoms with van der Waals surface area (Å²) in [6.45, 7) is 4.32. The first-order valence-electron chi connectivity index (χ1n) is 12.6. The van der Waals surface area contributed by atoms with E-state index in [0.29, 0.717) is 24.3 Å². The summed E-state index contributed by atoms with van der Waals surface area (Å²) in [6, 6.07) is 18.0. The average Bonchev–Trinajstić information content (AvgIpc) is 3.10. The number of hydrogen-bond acceptors (Lipinski definition) is 6. The van der Waals surface area contributed by atoms with Crippen LogP contribution in [0.25, 0.3) is 10.9 Å². The molecule has 0 amide bonds. The van der Waals surface area contributed by atoms with Gasteiger partial charge in [0, 0.05) is 37.5 Å². The number of para-hydroxylation sites is 1. The molecule has 8 heteroatoms. The summed E-state index contributed by atoms with van der Waals surface area (Å²) >= 11 is 0. The number of carbonyl (C=O) groups is 1. The maximum Gasteiger partial charge on any atom is 0.344 e. The monoisotopic (exact) mass is 508 g/mol. The molecule has 0 radical (unpaired) electrons. The number of aromatic nitrogens is 1. The lowest BCUT2D eigenvalue weighted by molar-refractivity contribution is -0.00479. The van der Waals surface area contributed by atoms with E-state index in [1.54, 1.807) is 41.0 Å². The predicted molar refractivity (Wildman–Crippen MR) is 139 cm³/mol. The molecule has 0 aliphatic carbocycles. The fourth-order valence-electron chi connectivity index (χ4n) is 5.82. The van der Waals surface area contributed by atoms with Crippen LogP contribution in [0, 0.1) is 0 Å². The average molecular weight is 509 g/mol. The Labute approximate surface area is 211 Å². The highest BCUT2D eigenvalue weighted by Gasteiger charge is 2.42. The van der Waals surface area contributed by atoms with Gasteiger partial charge in [-0.2, -0.15) is 0 Å². The lowest BCUT2D eigenvalue weighted by Gasteiger charge is -2.38. The zero-order chi connectivity index (χ0) is 25.4. The molecule has 5 rings (SSSR count). The Morgan fingerprint density at radius 2 is 1.64 bits per heavy atom. The minimum Gasteiger partial charge on any atom is -0.459 e. The van der Waals surface area contributed by atoms with Crippen LogP contribution < -0.4 is 5.56 Å². The molecular weight excluding hydrogens is 476 g/mol. The van der Waals surface area contributed by atoms with Crippen molar-refractivity contribution in [2.75, 3.05) is 12.3 Å². The van der Waals surface area contributed by atoms with Crippen LogP contribution in [0.4, 0.5) is 0 Å². The van der Waals surface area contributed by atoms with E-state index in [0.717, 1.165) is 23.7 Å². The summed E-state index contributed by atoms with van der Waals surface area (Å²) in [5, 5.41) is 0.826. The second-order valence-corrected chi connectivity index (χ2v) is 12.2. The van der Waals surface area contributed by atoms with E-state index in [2.05, 4.69) is 4.90 Å². The van der Waals surface area contributed by atoms with Crippen LogP contribution >= 0.6 is 0 Å². The van der Waals surface area contributed by atoms with Crippen molar-refractivity contribution in [1.29, 1.82) is 0 Å². The van der Waals surface area contributed by atoms with Crippen molar-refractivity contribution in [2.45, 2.75) is 68.7 Å². The molecule has 2 saturated heterocycles. The third kappa shape index (κ3) is 4.72. The number of carbonyl (C=O) groups excluding carboxylic acids is 1. The Morgan fingerprint density at radius 3 is 2.31 bits per heavy atom. The molecule has 0 saturated carbocycles. The van der Waals surface area contributed by atoms with Gasteiger partial charge in [0.25, 0.3) is 5.56 Å². The van der Waals surface area contributed by atoms with Crippen molar-refractivity contribution in [1.82, 2.24) is 9.47 Å². The van der Waals surface area contributed by atoms with Gasteiger partial charge in [0.1, 0.15) is 11.7 Å². The summed E-state index contributed by atoms with van der Waals surface area (Å²) in [6.07, 6.45) is 2.94. The molecule has 2 bridgehead atoms. The highest BCUT2D eigenvalue weighted by atomic mass is 32.2. The van der Waals surface area contributed by atoms with Crippen molar-refractivity contribution in [3.63, 3.8) is 0 Å². The maximum atomic E-state index is 13.2. The molecule has 3 atom stereocenters. The van der Waals surface area contributed by atoms with Gasteiger partial charge in [0.15, 0.2) is 9.84 Å². The van der Waals surface area contributed by atoms with Crippen molar-refractivity contribution < 1.29 is 17.9 Å². The first-order valence-corrected chi connectivity index (χ1v) is 14.3. The second kappa shape index (κ2) is 9.82. The van der Waals surface area contributed by atoms with E-state index in [-0.39, 0.29) is 41.1 Å². The standard InChI is InChI=1S/C28H32N2O5S/c1-19(2)30-26-11-7-6-8-20(26)16-25(27(30)31)28(32)35-23-17-21-12-13-22(18-23)29(21)14-15-36(33,34)24-9-4-3-5-10-24/h3-11,16,19,21-23H,12-15,17-18H2,1-2H3/t21-,22+,23+. The number of rotatable bonds is 7. The third-order valence-corrected chi connectivity index (χ3v) is 9.23. The number of fused-ring (bicyclic) bond motifs is 3. The molecule has 2 aromatic carbocycles. The minimum atomic E-state index is -3.35. The van der Waals surface area contributed by atoms with Crippen molar-refractivity contribution in [2.24, 2.45) is 0 Å². The first kappa shape index (κ1) is 24.7. The number of nitrogens with zero attached hydrogens (tertiary/aromatic N) is 2. The van der Waals surface area contributed by atoms with E-state index in [1.807, 2.05) is 38.1 Å². The molecule has 2 aliphatic heterocycles. The smallest absolute Gasteiger partial charge is 0.344 e. The van der Waals surface area contributed by atoms with Gasteiger partial charge in [-0.15, -0.1) is 0 Å². The predicted octanol–water partition coefficient (Wildman–Crippen LogP) is 4.21. The Balaban J connectivity index is 1.28. The number of esters is 1. The molecule has 2 fully saturated rings. The Hall–Kier alpha value is -2.97. The minimum absolute atomic E-state index is 0.0612. The topological polar surface area (TPSA) is 85.7 Å². The van der Waals surface area contributed by atoms with Gasteiger partial charge in [-0.1, -0.05) is 36.4 Å². The lowest BCUT2D eigenvalue weighted by atomic mass is 9.99. The van der Waals surface area contributed by atoms with E-state index >= 15 is 0 Å². The van der Waals surface area contributed by atoms with Crippen LogP contribution in [-0.4, -0.2) is 54.3 Å². The van der Waals surface area contributed by atoms with E-state index in [1.165, 1.54) is 0 Å². The number of ether oxygens (including phenoxy) is 1. The quantitative estimate of drug-likeness (QED) is 0.445. The third-order valence-electron chi connectivity index (χ3n) is 7.52. The van der Waals surface area contributed by atoms with Gasteiger partial charge >= 0.3 is 5.97 Å². The van der Waals surface area contributed by atoms with Crippen LogP contribution in [0.3, 0.4) is 0 Å². The highest BCUT2D eigenvalue weighted by molar-refractivity contribution is 7.91. The molecule has 1 aromatic heterocycles. The molecule has 3 aromatic rings. The summed E-state index contributed by atoms with van der Waals surface area (Å²) in [4.78, 5) is 29.0. The molecule has 0 N–H and O–H groups in total. The maximum absolute atomic E-state index is 13.2. The van der Waals surface area contributed by atoms with Gasteiger partial charge in [-0.05, 0) is 56.3 Å². The van der Waals surface area contributed by atoms with Crippen molar-refractivity contribution >= 4 is 26.7 Å². The van der Waals surface area contributed by atoms with Crippen LogP contribution in [-0.2, 0) is 14.6 Å². The summed E-state index contributed by atoms with van der Waals surface area (Å²) in [5.41, 5.74) is 0.525. The van der Waals surface area contributed by atoms with Crippen molar-refractivity contribution in [3.05, 3.63) is 76.6 Å². The fraction of sp³-hybridized carbons (Fsp3) is 0.429. The van der Waals surface area contributed by atoms with Crippen LogP contribution in [0.5, 0.6) is 0 Å². The van der Waals surface area contributed by atoms with Crippen molar-refractivity contribution in [3.8, 4) is 0 Å². The largest absolute Gasteiger partial charge is 0.459 e. The number of pyridine rings is 1. The molecule has 0 spiro atoms. The Kier molecular flexibility index (Phi) is 6.74. The van der Waals surface area contributed by atoms with Crippen LogP contribution in [0.2, 0.25) is 0 Å². The second-order valence-electron chi connectivity index (χ2n) is 10.1. The van der Waals surface area contributed by atoms with Crippen LogP contribution in [0.1, 0.15) is 55.9 Å². The molecular formula is C28H32N2O5S.